The van der Waals surface area contributed by atoms with Gasteiger partial charge < -0.3 is 15.4 Å². The number of hydrogen-bond donors (Lipinski definition) is 2. The normalized spacial score (nSPS) is 12.7. The fourth-order valence-corrected chi connectivity index (χ4v) is 3.89. The summed E-state index contributed by atoms with van der Waals surface area (Å²) in [6.45, 7) is 2.50. The molecule has 10 heteroatoms. The average Bonchev–Trinajstić information content (AvgIpc) is 3.34. The molecule has 0 radical (unpaired) electrons. The summed E-state index contributed by atoms with van der Waals surface area (Å²) in [5.74, 6) is -0.117. The topological polar surface area (TPSA) is 128 Å². The van der Waals surface area contributed by atoms with E-state index in [9.17, 15) is 14.4 Å². The Morgan fingerprint density at radius 3 is 2.63 bits per heavy atom. The minimum atomic E-state index is -0.433. The van der Waals surface area contributed by atoms with Gasteiger partial charge in [-0.1, -0.05) is 6.07 Å². The Hall–Kier alpha value is -4.60. The van der Waals surface area contributed by atoms with Crippen molar-refractivity contribution in [1.82, 2.24) is 30.2 Å². The van der Waals surface area contributed by atoms with E-state index in [1.165, 1.54) is 16.8 Å². The lowest BCUT2D eigenvalue weighted by molar-refractivity contribution is -0.121. The molecule has 0 atom stereocenters. The molecule has 0 saturated carbocycles. The van der Waals surface area contributed by atoms with Crippen LogP contribution in [0.5, 0.6) is 5.75 Å². The van der Waals surface area contributed by atoms with Crippen LogP contribution < -0.4 is 15.4 Å². The van der Waals surface area contributed by atoms with E-state index in [-0.39, 0.29) is 36.2 Å². The van der Waals surface area contributed by atoms with E-state index in [0.717, 1.165) is 22.4 Å². The van der Waals surface area contributed by atoms with Crippen LogP contribution >= 0.6 is 0 Å². The number of ketones is 1. The van der Waals surface area contributed by atoms with Crippen molar-refractivity contribution in [2.75, 3.05) is 6.61 Å². The van der Waals surface area contributed by atoms with E-state index in [2.05, 4.69) is 25.7 Å². The number of hydrogen-bond acceptors (Lipinski definition) is 7. The van der Waals surface area contributed by atoms with Crippen molar-refractivity contribution in [3.8, 4) is 5.75 Å². The largest absolute Gasteiger partial charge is 0.486 e. The number of aromatic nitrogens is 4. The minimum absolute atomic E-state index is 0.0156. The van der Waals surface area contributed by atoms with Crippen molar-refractivity contribution < 1.29 is 19.1 Å². The van der Waals surface area contributed by atoms with Gasteiger partial charge in [0.25, 0.3) is 11.8 Å². The second-order valence-electron chi connectivity index (χ2n) is 8.24. The molecule has 1 aromatic carbocycles. The molecular formula is C25H22N6O4. The van der Waals surface area contributed by atoms with Crippen LogP contribution in [0.25, 0.3) is 5.65 Å². The summed E-state index contributed by atoms with van der Waals surface area (Å²) in [5, 5.41) is 9.84. The van der Waals surface area contributed by atoms with Gasteiger partial charge in [0.2, 0.25) is 0 Å². The summed E-state index contributed by atoms with van der Waals surface area (Å²) in [6, 6.07) is 12.2. The highest BCUT2D eigenvalue weighted by atomic mass is 16.5. The summed E-state index contributed by atoms with van der Waals surface area (Å²) >= 11 is 0. The van der Waals surface area contributed by atoms with E-state index in [1.54, 1.807) is 18.3 Å². The van der Waals surface area contributed by atoms with Crippen molar-refractivity contribution in [3.63, 3.8) is 0 Å². The number of fused-ring (bicyclic) bond motifs is 2. The standard InChI is InChI=1S/C25H22N6O4/c1-15-8-17(4-6-26-15)13-28-25(34)21-11-20(30-23-5-7-29-31(21)23)24(33)27-12-16-2-3-22-18(9-16)10-19(32)14-35-22/h2-9,11H,10,12-14H2,1H3,(H,27,33)(H,28,34). The highest BCUT2D eigenvalue weighted by Crippen LogP contribution is 2.24. The minimum Gasteiger partial charge on any atom is -0.486 e. The average molecular weight is 470 g/mol. The fourth-order valence-electron chi connectivity index (χ4n) is 3.89. The van der Waals surface area contributed by atoms with Gasteiger partial charge in [-0.2, -0.15) is 5.10 Å². The predicted molar refractivity (Wildman–Crippen MR) is 125 cm³/mol. The first-order valence-electron chi connectivity index (χ1n) is 11.1. The van der Waals surface area contributed by atoms with Crippen LogP contribution in [0.3, 0.4) is 0 Å². The number of amides is 2. The Morgan fingerprint density at radius 1 is 1.00 bits per heavy atom. The van der Waals surface area contributed by atoms with Crippen LogP contribution in [0.4, 0.5) is 0 Å². The van der Waals surface area contributed by atoms with E-state index < -0.39 is 5.91 Å². The Labute approximate surface area is 200 Å². The monoisotopic (exact) mass is 470 g/mol. The van der Waals surface area contributed by atoms with Gasteiger partial charge in [0.05, 0.1) is 6.20 Å². The molecule has 176 valence electrons. The van der Waals surface area contributed by atoms with Gasteiger partial charge in [0.1, 0.15) is 23.7 Å². The molecule has 1 aliphatic rings. The summed E-state index contributed by atoms with van der Waals surface area (Å²) in [6.07, 6.45) is 3.52. The smallest absolute Gasteiger partial charge is 0.270 e. The van der Waals surface area contributed by atoms with Gasteiger partial charge in [0.15, 0.2) is 11.4 Å². The van der Waals surface area contributed by atoms with Gasteiger partial charge >= 0.3 is 0 Å². The van der Waals surface area contributed by atoms with Crippen molar-refractivity contribution in [3.05, 3.63) is 88.6 Å². The molecule has 0 saturated heterocycles. The molecule has 4 aromatic rings. The zero-order chi connectivity index (χ0) is 24.4. The fraction of sp³-hybridized carbons (Fsp3) is 0.200. The highest BCUT2D eigenvalue weighted by molar-refractivity contribution is 5.98. The Bertz CT molecular complexity index is 1460. The van der Waals surface area contributed by atoms with Gasteiger partial charge in [-0.05, 0) is 42.3 Å². The Kier molecular flexibility index (Phi) is 5.92. The molecular weight excluding hydrogens is 448 g/mol. The van der Waals surface area contributed by atoms with Crippen molar-refractivity contribution >= 4 is 23.2 Å². The molecule has 2 amide bonds. The number of pyridine rings is 1. The molecule has 3 aromatic heterocycles. The van der Waals surface area contributed by atoms with Crippen molar-refractivity contribution in [1.29, 1.82) is 0 Å². The zero-order valence-corrected chi connectivity index (χ0v) is 18.9. The van der Waals surface area contributed by atoms with Crippen LogP contribution in [-0.4, -0.2) is 43.8 Å². The Morgan fingerprint density at radius 2 is 1.80 bits per heavy atom. The second-order valence-corrected chi connectivity index (χ2v) is 8.24. The number of carbonyl (C=O) groups excluding carboxylic acids is 3. The number of carbonyl (C=O) groups is 3. The molecule has 10 nitrogen and oxygen atoms in total. The van der Waals surface area contributed by atoms with Gasteiger partial charge in [-0.3, -0.25) is 19.4 Å². The van der Waals surface area contributed by atoms with Crippen LogP contribution in [0.2, 0.25) is 0 Å². The first kappa shape index (κ1) is 22.2. The third-order valence-electron chi connectivity index (χ3n) is 5.59. The third kappa shape index (κ3) is 4.86. The number of rotatable bonds is 6. The van der Waals surface area contributed by atoms with Crippen LogP contribution in [0, 0.1) is 6.92 Å². The van der Waals surface area contributed by atoms with Crippen molar-refractivity contribution in [2.24, 2.45) is 0 Å². The maximum Gasteiger partial charge on any atom is 0.270 e. The van der Waals surface area contributed by atoms with E-state index in [0.29, 0.717) is 24.4 Å². The van der Waals surface area contributed by atoms with Crippen LogP contribution in [0.15, 0.2) is 54.9 Å². The molecule has 0 bridgehead atoms. The maximum atomic E-state index is 12.9. The Balaban J connectivity index is 1.31. The molecule has 4 heterocycles. The molecule has 0 fully saturated rings. The SMILES string of the molecule is Cc1cc(CNC(=O)c2cc(C(=O)NCc3ccc4c(c3)CC(=O)CO4)nc3ccnn23)ccn1. The first-order chi connectivity index (χ1) is 17.0. The molecule has 35 heavy (non-hydrogen) atoms. The van der Waals surface area contributed by atoms with Crippen LogP contribution in [-0.2, 0) is 24.3 Å². The van der Waals surface area contributed by atoms with E-state index in [1.807, 2.05) is 31.2 Å². The molecule has 5 rings (SSSR count). The molecule has 0 unspecified atom stereocenters. The second kappa shape index (κ2) is 9.34. The summed E-state index contributed by atoms with van der Waals surface area (Å²) in [4.78, 5) is 46.0. The predicted octanol–water partition coefficient (Wildman–Crippen LogP) is 1.80. The summed E-state index contributed by atoms with van der Waals surface area (Å²) in [5.41, 5.74) is 4.06. The number of benzene rings is 1. The maximum absolute atomic E-state index is 12.9. The lowest BCUT2D eigenvalue weighted by Gasteiger charge is -2.17. The number of aryl methyl sites for hydroxylation is 1. The number of nitrogens with one attached hydrogen (secondary N) is 2. The van der Waals surface area contributed by atoms with Crippen LogP contribution in [0.1, 0.15) is 43.4 Å². The summed E-state index contributed by atoms with van der Waals surface area (Å²) in [7, 11) is 0. The third-order valence-corrected chi connectivity index (χ3v) is 5.59. The molecule has 0 aliphatic carbocycles. The molecule has 1 aliphatic heterocycles. The van der Waals surface area contributed by atoms with Gasteiger partial charge in [-0.25, -0.2) is 9.50 Å². The van der Waals surface area contributed by atoms with Crippen molar-refractivity contribution in [2.45, 2.75) is 26.4 Å². The highest BCUT2D eigenvalue weighted by Gasteiger charge is 2.19. The quantitative estimate of drug-likeness (QED) is 0.440. The molecule has 0 spiro atoms. The zero-order valence-electron chi connectivity index (χ0n) is 18.9. The van der Waals surface area contributed by atoms with Gasteiger partial charge in [-0.15, -0.1) is 0 Å². The van der Waals surface area contributed by atoms with E-state index in [4.69, 9.17) is 4.74 Å². The van der Waals surface area contributed by atoms with Gasteiger partial charge in [0, 0.05) is 49.1 Å². The lowest BCUT2D eigenvalue weighted by atomic mass is 10.0. The summed E-state index contributed by atoms with van der Waals surface area (Å²) < 4.78 is 6.81. The number of nitrogens with zero attached hydrogens (tertiary/aromatic N) is 4. The first-order valence-corrected chi connectivity index (χ1v) is 11.1. The number of ether oxygens (including phenoxy) is 1. The lowest BCUT2D eigenvalue weighted by Crippen LogP contribution is -2.28. The van der Waals surface area contributed by atoms with E-state index >= 15 is 0 Å². The number of Topliss-reactive ketones (excluding diaryl/α,β-unsaturated/α-hetero) is 1. The molecule has 2 N–H and O–H groups in total.